The number of carbonyl (C=O) groups is 2. The Morgan fingerprint density at radius 2 is 0.933 bits per heavy atom. The molecular weight excluding hydrogens is 564 g/mol. The number of hydroxylamine groups is 2. The molecule has 2 aliphatic rings. The van der Waals surface area contributed by atoms with Gasteiger partial charge in [0.05, 0.1) is 6.61 Å². The van der Waals surface area contributed by atoms with Gasteiger partial charge in [0.25, 0.3) is 0 Å². The number of esters is 2. The Morgan fingerprint density at radius 1 is 0.578 bits per heavy atom. The molecule has 0 aromatic rings. The SMILES string of the molecule is C.CCCCCCCCON1C(C)(C)CC(OC(=O)CCCCCCCCC(=O)OC2CC(C)(C)N(C)C(C)(C)C2)CC1(C)C. The first kappa shape index (κ1) is 41.8. The van der Waals surface area contributed by atoms with Crippen LogP contribution in [0.5, 0.6) is 0 Å². The molecule has 2 saturated heterocycles. The van der Waals surface area contributed by atoms with Crippen LogP contribution in [0.15, 0.2) is 0 Å². The third-order valence-corrected chi connectivity index (χ3v) is 10.2. The normalized spacial score (nSPS) is 21.6. The molecule has 0 spiro atoms. The molecule has 0 unspecified atom stereocenters. The number of rotatable bonds is 19. The fourth-order valence-corrected chi connectivity index (χ4v) is 7.74. The molecule has 7 nitrogen and oxygen atoms in total. The van der Waals surface area contributed by atoms with Crippen LogP contribution in [0.1, 0.15) is 185 Å². The average molecular weight is 639 g/mol. The lowest BCUT2D eigenvalue weighted by molar-refractivity contribution is -0.293. The van der Waals surface area contributed by atoms with E-state index in [0.29, 0.717) is 12.8 Å². The molecule has 0 radical (unpaired) electrons. The summed E-state index contributed by atoms with van der Waals surface area (Å²) in [5.74, 6) is -0.137. The van der Waals surface area contributed by atoms with Gasteiger partial charge in [-0.2, -0.15) is 5.06 Å². The Balaban J connectivity index is 0.0000101. The van der Waals surface area contributed by atoms with Crippen molar-refractivity contribution in [2.75, 3.05) is 13.7 Å². The number of hydrogen-bond acceptors (Lipinski definition) is 7. The lowest BCUT2D eigenvalue weighted by Crippen LogP contribution is -2.62. The number of carbonyl (C=O) groups excluding carboxylic acids is 2. The molecule has 2 rings (SSSR count). The van der Waals surface area contributed by atoms with Crippen LogP contribution in [-0.4, -0.2) is 69.9 Å². The number of hydrogen-bond donors (Lipinski definition) is 0. The smallest absolute Gasteiger partial charge is 0.306 e. The minimum absolute atomic E-state index is 0. The molecule has 0 N–H and O–H groups in total. The highest BCUT2D eigenvalue weighted by Gasteiger charge is 2.48. The Morgan fingerprint density at radius 3 is 1.36 bits per heavy atom. The third-order valence-electron chi connectivity index (χ3n) is 10.2. The maximum Gasteiger partial charge on any atom is 0.306 e. The summed E-state index contributed by atoms with van der Waals surface area (Å²) in [5, 5.41) is 2.17. The van der Waals surface area contributed by atoms with Gasteiger partial charge < -0.3 is 9.47 Å². The molecule has 2 heterocycles. The van der Waals surface area contributed by atoms with E-state index in [1.165, 1.54) is 32.1 Å². The van der Waals surface area contributed by atoms with E-state index in [0.717, 1.165) is 77.2 Å². The molecule has 266 valence electrons. The van der Waals surface area contributed by atoms with Crippen LogP contribution >= 0.6 is 0 Å². The Bertz CT molecular complexity index is 832. The van der Waals surface area contributed by atoms with E-state index in [1.54, 1.807) is 0 Å². The monoisotopic (exact) mass is 639 g/mol. The van der Waals surface area contributed by atoms with Crippen molar-refractivity contribution in [2.45, 2.75) is 220 Å². The van der Waals surface area contributed by atoms with Gasteiger partial charge in [-0.25, -0.2) is 0 Å². The molecular formula is C38H74N2O5. The average Bonchev–Trinajstić information content (AvgIpc) is 2.88. The van der Waals surface area contributed by atoms with Crippen LogP contribution < -0.4 is 0 Å². The van der Waals surface area contributed by atoms with E-state index < -0.39 is 0 Å². The van der Waals surface area contributed by atoms with Crippen molar-refractivity contribution in [3.8, 4) is 0 Å². The number of nitrogens with zero attached hydrogens (tertiary/aromatic N) is 2. The summed E-state index contributed by atoms with van der Waals surface area (Å²) in [6.45, 7) is 20.7. The minimum Gasteiger partial charge on any atom is -0.462 e. The highest BCUT2D eigenvalue weighted by molar-refractivity contribution is 5.69. The van der Waals surface area contributed by atoms with E-state index in [1.807, 2.05) is 0 Å². The first-order chi connectivity index (χ1) is 20.5. The zero-order valence-electron chi connectivity index (χ0n) is 30.5. The zero-order valence-corrected chi connectivity index (χ0v) is 30.5. The molecule has 0 aromatic carbocycles. The number of unbranched alkanes of at least 4 members (excludes halogenated alkanes) is 10. The quantitative estimate of drug-likeness (QED) is 0.103. The van der Waals surface area contributed by atoms with E-state index in [9.17, 15) is 9.59 Å². The van der Waals surface area contributed by atoms with E-state index in [2.05, 4.69) is 79.3 Å². The molecule has 0 atom stereocenters. The van der Waals surface area contributed by atoms with Crippen molar-refractivity contribution in [1.29, 1.82) is 0 Å². The van der Waals surface area contributed by atoms with Gasteiger partial charge in [0.2, 0.25) is 0 Å². The van der Waals surface area contributed by atoms with Gasteiger partial charge in [0.15, 0.2) is 0 Å². The minimum atomic E-state index is -0.193. The highest BCUT2D eigenvalue weighted by atomic mass is 16.7. The number of piperidine rings is 2. The lowest BCUT2D eigenvalue weighted by Gasteiger charge is -2.53. The summed E-state index contributed by atoms with van der Waals surface area (Å²) in [5.41, 5.74) is -0.347. The predicted molar refractivity (Wildman–Crippen MR) is 187 cm³/mol. The first-order valence-corrected chi connectivity index (χ1v) is 18.1. The summed E-state index contributed by atoms with van der Waals surface area (Å²) >= 11 is 0. The van der Waals surface area contributed by atoms with Crippen molar-refractivity contribution < 1.29 is 23.9 Å². The second-order valence-electron chi connectivity index (χ2n) is 16.4. The summed E-state index contributed by atoms with van der Waals surface area (Å²) in [6.07, 6.45) is 17.7. The number of likely N-dealkylation sites (tertiary alicyclic amines) is 1. The standard InChI is InChI=1S/C37H70N2O5.CH4/c1-11-12-13-14-19-22-25-42-39-36(6,7)28-31(29-37(39,8)9)44-33(41)24-21-18-16-15-17-20-23-32(40)43-30-26-34(2,3)38(10)35(4,5)27-30;/h30-31H,11-29H2,1-10H3;1H4. The molecule has 0 aliphatic carbocycles. The van der Waals surface area contributed by atoms with Gasteiger partial charge in [-0.15, -0.1) is 0 Å². The highest BCUT2D eigenvalue weighted by Crippen LogP contribution is 2.40. The predicted octanol–water partition coefficient (Wildman–Crippen LogP) is 9.79. The summed E-state index contributed by atoms with van der Waals surface area (Å²) < 4.78 is 11.9. The lowest BCUT2D eigenvalue weighted by atomic mass is 9.79. The summed E-state index contributed by atoms with van der Waals surface area (Å²) in [4.78, 5) is 33.9. The maximum absolute atomic E-state index is 12.7. The summed E-state index contributed by atoms with van der Waals surface area (Å²) in [7, 11) is 2.17. The molecule has 2 fully saturated rings. The van der Waals surface area contributed by atoms with Crippen LogP contribution in [0.4, 0.5) is 0 Å². The van der Waals surface area contributed by atoms with Gasteiger partial charge >= 0.3 is 11.9 Å². The molecule has 7 heteroatoms. The van der Waals surface area contributed by atoms with Gasteiger partial charge in [0, 0.05) is 60.7 Å². The van der Waals surface area contributed by atoms with E-state index >= 15 is 0 Å². The van der Waals surface area contributed by atoms with Crippen LogP contribution in [-0.2, 0) is 23.9 Å². The van der Waals surface area contributed by atoms with Gasteiger partial charge in [-0.3, -0.25) is 19.3 Å². The molecule has 0 amide bonds. The topological polar surface area (TPSA) is 68.3 Å². The molecule has 0 aromatic heterocycles. The van der Waals surface area contributed by atoms with Gasteiger partial charge in [0.1, 0.15) is 12.2 Å². The number of ether oxygens (including phenoxy) is 2. The van der Waals surface area contributed by atoms with Crippen molar-refractivity contribution >= 4 is 11.9 Å². The van der Waals surface area contributed by atoms with E-state index in [4.69, 9.17) is 14.3 Å². The van der Waals surface area contributed by atoms with Crippen molar-refractivity contribution in [3.63, 3.8) is 0 Å². The van der Waals surface area contributed by atoms with Crippen molar-refractivity contribution in [2.24, 2.45) is 0 Å². The molecule has 0 bridgehead atoms. The second kappa shape index (κ2) is 19.0. The Kier molecular flexibility index (Phi) is 17.6. The molecule has 0 saturated carbocycles. The summed E-state index contributed by atoms with van der Waals surface area (Å²) in [6, 6.07) is 0. The fourth-order valence-electron chi connectivity index (χ4n) is 7.74. The van der Waals surface area contributed by atoms with Crippen LogP contribution in [0.3, 0.4) is 0 Å². The zero-order chi connectivity index (χ0) is 33.0. The fraction of sp³-hybridized carbons (Fsp3) is 0.947. The van der Waals surface area contributed by atoms with Crippen LogP contribution in [0, 0.1) is 0 Å². The Hall–Kier alpha value is -1.18. The van der Waals surface area contributed by atoms with Gasteiger partial charge in [-0.1, -0.05) is 72.1 Å². The van der Waals surface area contributed by atoms with Crippen molar-refractivity contribution in [1.82, 2.24) is 9.96 Å². The maximum atomic E-state index is 12.7. The second-order valence-corrected chi connectivity index (χ2v) is 16.4. The van der Waals surface area contributed by atoms with Crippen molar-refractivity contribution in [3.05, 3.63) is 0 Å². The largest absolute Gasteiger partial charge is 0.462 e. The van der Waals surface area contributed by atoms with Gasteiger partial charge in [-0.05, 0) is 81.7 Å². The molecule has 2 aliphatic heterocycles. The van der Waals surface area contributed by atoms with Crippen LogP contribution in [0.2, 0.25) is 0 Å². The first-order valence-electron chi connectivity index (χ1n) is 18.1. The third kappa shape index (κ3) is 14.2. The van der Waals surface area contributed by atoms with E-state index in [-0.39, 0.29) is 53.7 Å². The Labute approximate surface area is 278 Å². The van der Waals surface area contributed by atoms with Crippen LogP contribution in [0.25, 0.3) is 0 Å². The molecule has 45 heavy (non-hydrogen) atoms.